The Morgan fingerprint density at radius 2 is 1.77 bits per heavy atom. The number of phenolic OH excluding ortho intramolecular Hbond substituents is 1. The van der Waals surface area contributed by atoms with E-state index < -0.39 is 53.9 Å². The van der Waals surface area contributed by atoms with Crippen molar-refractivity contribution in [2.45, 2.75) is 91.3 Å². The van der Waals surface area contributed by atoms with Gasteiger partial charge >= 0.3 is 12.1 Å². The van der Waals surface area contributed by atoms with Crippen LogP contribution >= 0.6 is 0 Å². The molecule has 1 aromatic carbocycles. The molecule has 12 nitrogen and oxygen atoms in total. The first-order valence-corrected chi connectivity index (χ1v) is 13.5. The zero-order valence-electron chi connectivity index (χ0n) is 24.4. The minimum Gasteiger partial charge on any atom is -0.507 e. The van der Waals surface area contributed by atoms with Gasteiger partial charge in [0.05, 0.1) is 19.4 Å². The molecule has 0 spiro atoms. The summed E-state index contributed by atoms with van der Waals surface area (Å²) in [5, 5.41) is 16.0. The Bertz CT molecular complexity index is 1040. The van der Waals surface area contributed by atoms with Crippen molar-refractivity contribution in [2.75, 3.05) is 19.7 Å². The van der Waals surface area contributed by atoms with Crippen molar-refractivity contribution in [1.82, 2.24) is 15.5 Å². The van der Waals surface area contributed by atoms with Crippen LogP contribution in [0.3, 0.4) is 0 Å². The van der Waals surface area contributed by atoms with E-state index in [0.29, 0.717) is 12.0 Å². The Labute approximate surface area is 235 Å². The molecule has 40 heavy (non-hydrogen) atoms. The quantitative estimate of drug-likeness (QED) is 0.185. The van der Waals surface area contributed by atoms with Gasteiger partial charge in [-0.3, -0.25) is 19.2 Å². The number of rotatable bonds is 15. The van der Waals surface area contributed by atoms with E-state index in [1.54, 1.807) is 46.8 Å². The van der Waals surface area contributed by atoms with Gasteiger partial charge in [-0.15, -0.1) is 0 Å². The summed E-state index contributed by atoms with van der Waals surface area (Å²) in [6.07, 6.45) is 0.460. The molecule has 12 heteroatoms. The van der Waals surface area contributed by atoms with Crippen molar-refractivity contribution < 1.29 is 38.6 Å². The Morgan fingerprint density at radius 3 is 2.35 bits per heavy atom. The van der Waals surface area contributed by atoms with Gasteiger partial charge in [0.1, 0.15) is 23.4 Å². The number of carbonyl (C=O) groups is 5. The highest BCUT2D eigenvalue weighted by molar-refractivity contribution is 5.95. The number of unbranched alkanes of at least 4 members (excludes halogenated alkanes) is 2. The average molecular weight is 565 g/mol. The smallest absolute Gasteiger partial charge is 0.408 e. The van der Waals surface area contributed by atoms with Gasteiger partial charge in [-0.05, 0) is 46.6 Å². The summed E-state index contributed by atoms with van der Waals surface area (Å²) in [5.41, 5.74) is 5.15. The maximum Gasteiger partial charge on any atom is 0.408 e. The summed E-state index contributed by atoms with van der Waals surface area (Å²) in [6, 6.07) is 2.02. The first kappa shape index (κ1) is 34.2. The van der Waals surface area contributed by atoms with Crippen molar-refractivity contribution in [1.29, 1.82) is 0 Å². The first-order valence-electron chi connectivity index (χ1n) is 13.5. The summed E-state index contributed by atoms with van der Waals surface area (Å²) in [7, 11) is 0. The van der Waals surface area contributed by atoms with E-state index in [9.17, 15) is 29.1 Å². The molecule has 224 valence electrons. The highest BCUT2D eigenvalue weighted by Crippen LogP contribution is 2.32. The number of nitrogens with one attached hydrogen (secondary N) is 2. The van der Waals surface area contributed by atoms with Gasteiger partial charge in [0.25, 0.3) is 0 Å². The normalized spacial score (nSPS) is 12.6. The minimum absolute atomic E-state index is 0.0707. The van der Waals surface area contributed by atoms with E-state index in [2.05, 4.69) is 10.6 Å². The summed E-state index contributed by atoms with van der Waals surface area (Å²) < 4.78 is 10.2. The molecule has 0 aliphatic heterocycles. The minimum atomic E-state index is -1.43. The highest BCUT2D eigenvalue weighted by Gasteiger charge is 2.38. The molecule has 0 heterocycles. The number of nitrogens with zero attached hydrogens (tertiary/aromatic N) is 1. The number of benzene rings is 1. The lowest BCUT2D eigenvalue weighted by atomic mass is 9.98. The average Bonchev–Trinajstić information content (AvgIpc) is 2.83. The Morgan fingerprint density at radius 1 is 1.10 bits per heavy atom. The van der Waals surface area contributed by atoms with Crippen molar-refractivity contribution in [3.63, 3.8) is 0 Å². The number of carbonyl (C=O) groups excluding carboxylic acids is 5. The Balaban J connectivity index is 3.52. The summed E-state index contributed by atoms with van der Waals surface area (Å²) in [6.45, 7) is 10.4. The molecule has 0 aliphatic carbocycles. The van der Waals surface area contributed by atoms with Crippen LogP contribution in [0.15, 0.2) is 18.2 Å². The Kier molecular flexibility index (Phi) is 13.9. The van der Waals surface area contributed by atoms with Crippen LogP contribution in [0, 0.1) is 6.92 Å². The highest BCUT2D eigenvalue weighted by atomic mass is 16.6. The molecule has 0 saturated carbocycles. The number of aryl methyl sites for hydroxylation is 1. The molecule has 0 bridgehead atoms. The Hall–Kier alpha value is -3.83. The molecule has 0 aliphatic rings. The number of hydrogen-bond donors (Lipinski definition) is 4. The van der Waals surface area contributed by atoms with E-state index in [4.69, 9.17) is 15.2 Å². The third kappa shape index (κ3) is 11.5. The van der Waals surface area contributed by atoms with E-state index in [0.717, 1.165) is 12.8 Å². The van der Waals surface area contributed by atoms with Gasteiger partial charge in [0.2, 0.25) is 17.7 Å². The lowest BCUT2D eigenvalue weighted by Gasteiger charge is -2.34. The number of hydrogen-bond acceptors (Lipinski definition) is 8. The number of primary amides is 1. The predicted molar refractivity (Wildman–Crippen MR) is 148 cm³/mol. The third-order valence-corrected chi connectivity index (χ3v) is 5.74. The first-order chi connectivity index (χ1) is 18.7. The van der Waals surface area contributed by atoms with Gasteiger partial charge in [0, 0.05) is 18.7 Å². The lowest BCUT2D eigenvalue weighted by Crippen LogP contribution is -2.54. The number of alkyl carbamates (subject to hydrolysis) is 1. The standard InChI is InChI=1S/C28H44N4O8/c1-7-9-10-16-32(26(37)20(17-21(29)33)31-27(38)40-28(4,5)6)23(19-13-11-12-18(3)24(19)35)25(36)30-15-14-22(34)39-8-2/h11-13,20,23,35H,7-10,14-17H2,1-6H3,(H2,29,33)(H,30,36)(H,31,38). The van der Waals surface area contributed by atoms with Crippen LogP contribution in [-0.2, 0) is 28.7 Å². The second-order valence-electron chi connectivity index (χ2n) is 10.4. The van der Waals surface area contributed by atoms with Crippen LogP contribution in [-0.4, -0.2) is 71.1 Å². The molecule has 5 N–H and O–H groups in total. The molecular formula is C28H44N4O8. The molecule has 1 rings (SSSR count). The van der Waals surface area contributed by atoms with Crippen molar-refractivity contribution >= 4 is 29.8 Å². The van der Waals surface area contributed by atoms with Crippen molar-refractivity contribution in [2.24, 2.45) is 5.73 Å². The van der Waals surface area contributed by atoms with E-state index in [1.807, 2.05) is 6.92 Å². The van der Waals surface area contributed by atoms with E-state index in [-0.39, 0.29) is 37.4 Å². The summed E-state index contributed by atoms with van der Waals surface area (Å²) >= 11 is 0. The molecule has 0 radical (unpaired) electrons. The van der Waals surface area contributed by atoms with Crippen LogP contribution < -0.4 is 16.4 Å². The SMILES string of the molecule is CCCCCN(C(=O)C(CC(N)=O)NC(=O)OC(C)(C)C)C(C(=O)NCCC(=O)OCC)c1cccc(C)c1O. The maximum absolute atomic E-state index is 14.0. The monoisotopic (exact) mass is 564 g/mol. The fraction of sp³-hybridized carbons (Fsp3) is 0.607. The van der Waals surface area contributed by atoms with Crippen molar-refractivity contribution in [3.8, 4) is 5.75 Å². The number of phenols is 1. The van der Waals surface area contributed by atoms with Crippen LogP contribution in [0.25, 0.3) is 0 Å². The zero-order chi connectivity index (χ0) is 30.5. The second kappa shape index (κ2) is 16.3. The number of ether oxygens (including phenoxy) is 2. The van der Waals surface area contributed by atoms with E-state index >= 15 is 0 Å². The fourth-order valence-corrected chi connectivity index (χ4v) is 3.92. The van der Waals surface area contributed by atoms with Gasteiger partial charge in [0.15, 0.2) is 0 Å². The number of esters is 1. The van der Waals surface area contributed by atoms with Crippen LogP contribution in [0.4, 0.5) is 4.79 Å². The largest absolute Gasteiger partial charge is 0.507 e. The molecule has 2 unspecified atom stereocenters. The topological polar surface area (TPSA) is 177 Å². The zero-order valence-corrected chi connectivity index (χ0v) is 24.4. The second-order valence-corrected chi connectivity index (χ2v) is 10.4. The van der Waals surface area contributed by atoms with Crippen LogP contribution in [0.1, 0.15) is 83.9 Å². The number of amides is 4. The molecule has 4 amide bonds. The summed E-state index contributed by atoms with van der Waals surface area (Å²) in [4.78, 5) is 65.0. The lowest BCUT2D eigenvalue weighted by molar-refractivity contribution is -0.144. The summed E-state index contributed by atoms with van der Waals surface area (Å²) in [5.74, 6) is -2.96. The molecule has 0 aromatic heterocycles. The van der Waals surface area contributed by atoms with Crippen molar-refractivity contribution in [3.05, 3.63) is 29.3 Å². The van der Waals surface area contributed by atoms with Gasteiger partial charge in [-0.2, -0.15) is 0 Å². The van der Waals surface area contributed by atoms with Gasteiger partial charge in [-0.25, -0.2) is 4.79 Å². The van der Waals surface area contributed by atoms with Crippen LogP contribution in [0.5, 0.6) is 5.75 Å². The number of para-hydroxylation sites is 1. The molecular weight excluding hydrogens is 520 g/mol. The number of nitrogens with two attached hydrogens (primary N) is 1. The maximum atomic E-state index is 14.0. The number of aromatic hydroxyl groups is 1. The van der Waals surface area contributed by atoms with E-state index in [1.165, 1.54) is 11.0 Å². The van der Waals surface area contributed by atoms with Crippen LogP contribution in [0.2, 0.25) is 0 Å². The third-order valence-electron chi connectivity index (χ3n) is 5.74. The predicted octanol–water partition coefficient (Wildman–Crippen LogP) is 2.60. The molecule has 1 aromatic rings. The fourth-order valence-electron chi connectivity index (χ4n) is 3.92. The molecule has 2 atom stereocenters. The molecule has 0 saturated heterocycles. The molecule has 0 fully saturated rings. The van der Waals surface area contributed by atoms with Gasteiger partial charge < -0.3 is 35.8 Å². The van der Waals surface area contributed by atoms with Gasteiger partial charge in [-0.1, -0.05) is 38.0 Å².